The number of carbonyl (C=O) groups excluding carboxylic acids is 1. The van der Waals surface area contributed by atoms with Crippen LogP contribution in [0.5, 0.6) is 0 Å². The van der Waals surface area contributed by atoms with Crippen molar-refractivity contribution in [2.75, 3.05) is 0 Å². The lowest BCUT2D eigenvalue weighted by Gasteiger charge is -2.01. The molecule has 1 atom stereocenters. The lowest BCUT2D eigenvalue weighted by Crippen LogP contribution is -2.28. The lowest BCUT2D eigenvalue weighted by atomic mass is 10.1. The summed E-state index contributed by atoms with van der Waals surface area (Å²) < 4.78 is 0. The minimum absolute atomic E-state index is 0.285. The Hall–Kier alpha value is -1.53. The van der Waals surface area contributed by atoms with E-state index in [1.54, 1.807) is 0 Å². The molecule has 0 bridgehead atoms. The van der Waals surface area contributed by atoms with Crippen LogP contribution in [0.25, 0.3) is 5.70 Å². The maximum Gasteiger partial charge on any atom is 0.250 e. The molecule has 0 aliphatic carbocycles. The third-order valence-electron chi connectivity index (χ3n) is 1.85. The molecule has 2 rings (SSSR count). The average molecular weight is 208 g/mol. The lowest BCUT2D eigenvalue weighted by molar-refractivity contribution is -0.114. The molecule has 4 N–H and O–H groups in total. The van der Waals surface area contributed by atoms with Gasteiger partial charge < -0.3 is 11.5 Å². The van der Waals surface area contributed by atoms with E-state index in [0.29, 0.717) is 5.70 Å². The number of hydrogen-bond donors (Lipinski definition) is 2. The van der Waals surface area contributed by atoms with E-state index in [1.165, 1.54) is 11.3 Å². The molecule has 0 spiro atoms. The Labute approximate surface area is 84.1 Å². The number of azo groups is 1. The molecule has 1 unspecified atom stereocenters. The number of nitrogens with two attached hydrogens (primary N) is 2. The number of hydrogen-bond acceptors (Lipinski definition) is 5. The van der Waals surface area contributed by atoms with Gasteiger partial charge in [0.1, 0.15) is 5.70 Å². The predicted octanol–water partition coefficient (Wildman–Crippen LogP) is 0.695. The molecule has 1 aliphatic heterocycles. The fourth-order valence-corrected chi connectivity index (χ4v) is 1.95. The van der Waals surface area contributed by atoms with Gasteiger partial charge in [-0.3, -0.25) is 4.79 Å². The second kappa shape index (κ2) is 3.32. The van der Waals surface area contributed by atoms with Crippen molar-refractivity contribution in [3.63, 3.8) is 0 Å². The minimum Gasteiger partial charge on any atom is -0.366 e. The summed E-state index contributed by atoms with van der Waals surface area (Å²) in [6, 6.07) is 3.71. The molecule has 0 radical (unpaired) electrons. The van der Waals surface area contributed by atoms with E-state index in [1.807, 2.05) is 17.5 Å². The Kier molecular flexibility index (Phi) is 2.14. The number of amides is 1. The number of carbonyl (C=O) groups is 1. The quantitative estimate of drug-likeness (QED) is 0.748. The molecule has 2 heterocycles. The maximum absolute atomic E-state index is 11.1. The van der Waals surface area contributed by atoms with E-state index in [-0.39, 0.29) is 5.57 Å². The first-order valence-corrected chi connectivity index (χ1v) is 4.82. The summed E-state index contributed by atoms with van der Waals surface area (Å²) in [5, 5.41) is 9.45. The molecule has 0 fully saturated rings. The van der Waals surface area contributed by atoms with Gasteiger partial charge in [0.25, 0.3) is 5.91 Å². The van der Waals surface area contributed by atoms with E-state index < -0.39 is 12.1 Å². The highest BCUT2D eigenvalue weighted by molar-refractivity contribution is 7.11. The molecular formula is C8H8N4OS. The summed E-state index contributed by atoms with van der Waals surface area (Å²) in [6.45, 7) is 0. The molecule has 14 heavy (non-hydrogen) atoms. The largest absolute Gasteiger partial charge is 0.366 e. The topological polar surface area (TPSA) is 93.8 Å². The standard InChI is InChI=1S/C8H8N4OS/c9-7-5(8(10)13)6(11-12-7)4-2-1-3-14-4/h1-3,7H,9H2,(H2,10,13). The summed E-state index contributed by atoms with van der Waals surface area (Å²) in [4.78, 5) is 11.9. The van der Waals surface area contributed by atoms with Gasteiger partial charge in [-0.2, -0.15) is 10.2 Å². The van der Waals surface area contributed by atoms with Gasteiger partial charge in [0.2, 0.25) is 0 Å². The zero-order valence-electron chi connectivity index (χ0n) is 7.18. The van der Waals surface area contributed by atoms with Crippen molar-refractivity contribution < 1.29 is 4.79 Å². The highest BCUT2D eigenvalue weighted by Crippen LogP contribution is 2.30. The zero-order valence-corrected chi connectivity index (χ0v) is 7.99. The van der Waals surface area contributed by atoms with Gasteiger partial charge in [0.05, 0.1) is 10.5 Å². The fraction of sp³-hybridized carbons (Fsp3) is 0.125. The van der Waals surface area contributed by atoms with E-state index in [0.717, 1.165) is 4.88 Å². The molecule has 1 aliphatic rings. The number of rotatable bonds is 2. The predicted molar refractivity (Wildman–Crippen MR) is 53.3 cm³/mol. The van der Waals surface area contributed by atoms with Crippen molar-refractivity contribution in [3.8, 4) is 0 Å². The van der Waals surface area contributed by atoms with Crippen molar-refractivity contribution in [1.29, 1.82) is 0 Å². The van der Waals surface area contributed by atoms with Gasteiger partial charge in [-0.25, -0.2) is 0 Å². The van der Waals surface area contributed by atoms with Crippen LogP contribution in [0, 0.1) is 0 Å². The van der Waals surface area contributed by atoms with Gasteiger partial charge in [-0.15, -0.1) is 11.3 Å². The van der Waals surface area contributed by atoms with Crippen molar-refractivity contribution in [3.05, 3.63) is 28.0 Å². The van der Waals surface area contributed by atoms with Gasteiger partial charge in [0, 0.05) is 0 Å². The summed E-state index contributed by atoms with van der Waals surface area (Å²) in [5.41, 5.74) is 11.5. The Morgan fingerprint density at radius 3 is 2.93 bits per heavy atom. The molecule has 1 aromatic heterocycles. The molecule has 1 amide bonds. The van der Waals surface area contributed by atoms with Crippen molar-refractivity contribution in [2.45, 2.75) is 6.17 Å². The molecule has 5 nitrogen and oxygen atoms in total. The van der Waals surface area contributed by atoms with Crippen molar-refractivity contribution in [1.82, 2.24) is 0 Å². The third-order valence-corrected chi connectivity index (χ3v) is 2.73. The van der Waals surface area contributed by atoms with Crippen LogP contribution < -0.4 is 11.5 Å². The SMILES string of the molecule is NC(=O)C1=C(c2cccs2)N=NC1N. The Balaban J connectivity index is 2.51. The molecule has 0 saturated heterocycles. The van der Waals surface area contributed by atoms with Crippen molar-refractivity contribution >= 4 is 22.9 Å². The average Bonchev–Trinajstić information content (AvgIpc) is 2.70. The molecule has 72 valence electrons. The van der Waals surface area contributed by atoms with Crippen LogP contribution in [-0.4, -0.2) is 12.1 Å². The Bertz CT molecular complexity index is 421. The Morgan fingerprint density at radius 2 is 2.36 bits per heavy atom. The molecule has 0 saturated carbocycles. The molecule has 0 aromatic carbocycles. The number of nitrogens with zero attached hydrogens (tertiary/aromatic N) is 2. The third kappa shape index (κ3) is 1.34. The first-order chi connectivity index (χ1) is 6.70. The molecule has 1 aromatic rings. The van der Waals surface area contributed by atoms with E-state index >= 15 is 0 Å². The summed E-state index contributed by atoms with van der Waals surface area (Å²) >= 11 is 1.47. The monoisotopic (exact) mass is 208 g/mol. The highest BCUT2D eigenvalue weighted by Gasteiger charge is 2.26. The Morgan fingerprint density at radius 1 is 1.57 bits per heavy atom. The maximum atomic E-state index is 11.1. The van der Waals surface area contributed by atoms with E-state index in [2.05, 4.69) is 10.2 Å². The highest BCUT2D eigenvalue weighted by atomic mass is 32.1. The van der Waals surface area contributed by atoms with Crippen LogP contribution >= 0.6 is 11.3 Å². The summed E-state index contributed by atoms with van der Waals surface area (Å²) in [6.07, 6.45) is -0.718. The van der Waals surface area contributed by atoms with E-state index in [9.17, 15) is 4.79 Å². The van der Waals surface area contributed by atoms with Crippen LogP contribution in [0.4, 0.5) is 0 Å². The van der Waals surface area contributed by atoms with Gasteiger partial charge in [-0.05, 0) is 11.4 Å². The molecule has 6 heteroatoms. The first-order valence-electron chi connectivity index (χ1n) is 3.94. The second-order valence-corrected chi connectivity index (χ2v) is 3.71. The van der Waals surface area contributed by atoms with Crippen LogP contribution in [0.2, 0.25) is 0 Å². The fourth-order valence-electron chi connectivity index (χ4n) is 1.23. The number of primary amides is 1. The molecular weight excluding hydrogens is 200 g/mol. The summed E-state index contributed by atoms with van der Waals surface area (Å²) in [5.74, 6) is -0.564. The van der Waals surface area contributed by atoms with Crippen LogP contribution in [0.15, 0.2) is 33.3 Å². The van der Waals surface area contributed by atoms with Crippen LogP contribution in [0.3, 0.4) is 0 Å². The van der Waals surface area contributed by atoms with Crippen LogP contribution in [-0.2, 0) is 4.79 Å². The smallest absolute Gasteiger partial charge is 0.250 e. The first kappa shape index (κ1) is 9.04. The zero-order chi connectivity index (χ0) is 10.1. The van der Waals surface area contributed by atoms with Crippen molar-refractivity contribution in [2.24, 2.45) is 21.7 Å². The number of thiophene rings is 1. The van der Waals surface area contributed by atoms with Gasteiger partial charge in [0.15, 0.2) is 6.17 Å². The minimum atomic E-state index is -0.718. The second-order valence-electron chi connectivity index (χ2n) is 2.76. The normalized spacial score (nSPS) is 20.5. The van der Waals surface area contributed by atoms with Gasteiger partial charge in [-0.1, -0.05) is 6.07 Å². The van der Waals surface area contributed by atoms with E-state index in [4.69, 9.17) is 11.5 Å². The summed E-state index contributed by atoms with van der Waals surface area (Å²) in [7, 11) is 0. The van der Waals surface area contributed by atoms with Gasteiger partial charge >= 0.3 is 0 Å². The van der Waals surface area contributed by atoms with Crippen LogP contribution in [0.1, 0.15) is 4.88 Å².